The van der Waals surface area contributed by atoms with Crippen LogP contribution >= 0.6 is 0 Å². The average molecular weight is 328 g/mol. The monoisotopic (exact) mass is 328 g/mol. The summed E-state index contributed by atoms with van der Waals surface area (Å²) < 4.78 is 14.7. The number of imidazole rings is 1. The van der Waals surface area contributed by atoms with Gasteiger partial charge in [0.05, 0.1) is 14.2 Å². The fraction of sp³-hybridized carbons (Fsp3) is 0.278. The maximum Gasteiger partial charge on any atom is 0.355 e. The van der Waals surface area contributed by atoms with Gasteiger partial charge in [0, 0.05) is 0 Å². The molecular formula is C18H22N3O3+. The molecular weight excluding hydrogens is 306 g/mol. The van der Waals surface area contributed by atoms with Gasteiger partial charge in [-0.2, -0.15) is 0 Å². The molecule has 0 fully saturated rings. The van der Waals surface area contributed by atoms with E-state index in [2.05, 4.69) is 0 Å². The van der Waals surface area contributed by atoms with Crippen LogP contribution in [0.2, 0.25) is 0 Å². The second-order valence-electron chi connectivity index (χ2n) is 5.63. The molecule has 2 aromatic carbocycles. The Morgan fingerprint density at radius 3 is 2.54 bits per heavy atom. The summed E-state index contributed by atoms with van der Waals surface area (Å²) in [5.74, 6) is 1.84. The standard InChI is InChI=1S/C18H21N3O3/c1-20-14-7-3-4-8-15(14)21(18(20)19)11-13(22)12-24-17-10-6-5-9-16(17)23-2/h3-10,13,19,22H,11-12H2,1-2H3/p+1. The van der Waals surface area contributed by atoms with Gasteiger partial charge in [-0.3, -0.25) is 5.73 Å². The Balaban J connectivity index is 1.74. The highest BCUT2D eigenvalue weighted by molar-refractivity contribution is 5.73. The Hall–Kier alpha value is -2.73. The Kier molecular flexibility index (Phi) is 4.57. The molecule has 6 nitrogen and oxygen atoms in total. The molecule has 1 atom stereocenters. The van der Waals surface area contributed by atoms with E-state index in [4.69, 9.17) is 15.2 Å². The first-order chi connectivity index (χ1) is 11.6. The lowest BCUT2D eigenvalue weighted by molar-refractivity contribution is -0.630. The topological polar surface area (TPSA) is 73.5 Å². The number of nitrogen functional groups attached to an aromatic ring is 1. The molecule has 1 unspecified atom stereocenters. The smallest absolute Gasteiger partial charge is 0.355 e. The first kappa shape index (κ1) is 16.1. The summed E-state index contributed by atoms with van der Waals surface area (Å²) in [5.41, 5.74) is 8.17. The third kappa shape index (κ3) is 3.00. The molecule has 0 radical (unpaired) electrons. The van der Waals surface area contributed by atoms with Crippen molar-refractivity contribution in [1.29, 1.82) is 0 Å². The highest BCUT2D eigenvalue weighted by atomic mass is 16.5. The molecule has 1 aromatic heterocycles. The van der Waals surface area contributed by atoms with Crippen molar-refractivity contribution in [3.63, 3.8) is 0 Å². The van der Waals surface area contributed by atoms with E-state index < -0.39 is 6.10 Å². The predicted molar refractivity (Wildman–Crippen MR) is 92.0 cm³/mol. The first-order valence-corrected chi connectivity index (χ1v) is 7.78. The molecule has 0 bridgehead atoms. The van der Waals surface area contributed by atoms with Gasteiger partial charge in [0.15, 0.2) is 11.5 Å². The van der Waals surface area contributed by atoms with E-state index in [1.807, 2.05) is 64.7 Å². The molecule has 1 heterocycles. The zero-order valence-electron chi connectivity index (χ0n) is 13.8. The minimum Gasteiger partial charge on any atom is -0.493 e. The van der Waals surface area contributed by atoms with Crippen molar-refractivity contribution in [2.45, 2.75) is 12.6 Å². The number of fused-ring (bicyclic) bond motifs is 1. The molecule has 0 saturated heterocycles. The minimum absolute atomic E-state index is 0.149. The summed E-state index contributed by atoms with van der Waals surface area (Å²) in [4.78, 5) is 0. The fourth-order valence-corrected chi connectivity index (χ4v) is 2.78. The Morgan fingerprint density at radius 2 is 1.79 bits per heavy atom. The van der Waals surface area contributed by atoms with Gasteiger partial charge in [0.2, 0.25) is 0 Å². The number of anilines is 1. The van der Waals surface area contributed by atoms with E-state index in [9.17, 15) is 5.11 Å². The molecule has 0 aliphatic rings. The van der Waals surface area contributed by atoms with Crippen molar-refractivity contribution in [2.24, 2.45) is 7.05 Å². The van der Waals surface area contributed by atoms with Crippen LogP contribution in [0, 0.1) is 0 Å². The van der Waals surface area contributed by atoms with Crippen LogP contribution in [0.3, 0.4) is 0 Å². The van der Waals surface area contributed by atoms with Crippen molar-refractivity contribution in [2.75, 3.05) is 19.5 Å². The maximum absolute atomic E-state index is 10.4. The second kappa shape index (κ2) is 6.80. The van der Waals surface area contributed by atoms with E-state index in [1.165, 1.54) is 0 Å². The maximum atomic E-state index is 10.4. The zero-order chi connectivity index (χ0) is 17.1. The molecule has 0 aliphatic heterocycles. The van der Waals surface area contributed by atoms with Gasteiger partial charge >= 0.3 is 5.95 Å². The lowest BCUT2D eigenvalue weighted by atomic mass is 10.3. The van der Waals surface area contributed by atoms with Gasteiger partial charge in [-0.25, -0.2) is 9.13 Å². The highest BCUT2D eigenvalue weighted by Crippen LogP contribution is 2.26. The van der Waals surface area contributed by atoms with Gasteiger partial charge in [0.1, 0.15) is 30.3 Å². The molecule has 0 amide bonds. The molecule has 6 heteroatoms. The van der Waals surface area contributed by atoms with Gasteiger partial charge in [-0.1, -0.05) is 24.3 Å². The molecule has 3 N–H and O–H groups in total. The normalized spacial score (nSPS) is 12.3. The third-order valence-electron chi connectivity index (χ3n) is 4.05. The quantitative estimate of drug-likeness (QED) is 0.673. The predicted octanol–water partition coefficient (Wildman–Crippen LogP) is 1.50. The van der Waals surface area contributed by atoms with Gasteiger partial charge in [-0.05, 0) is 24.3 Å². The Morgan fingerprint density at radius 1 is 1.12 bits per heavy atom. The summed E-state index contributed by atoms with van der Waals surface area (Å²) in [6, 6.07) is 15.3. The molecule has 0 spiro atoms. The third-order valence-corrected chi connectivity index (χ3v) is 4.05. The molecule has 0 aliphatic carbocycles. The number of nitrogens with two attached hydrogens (primary N) is 1. The van der Waals surface area contributed by atoms with Crippen LogP contribution in [0.15, 0.2) is 48.5 Å². The fourth-order valence-electron chi connectivity index (χ4n) is 2.78. The lowest BCUT2D eigenvalue weighted by Crippen LogP contribution is -2.33. The number of ether oxygens (including phenoxy) is 2. The van der Waals surface area contributed by atoms with E-state index >= 15 is 0 Å². The number of benzene rings is 2. The molecule has 0 saturated carbocycles. The van der Waals surface area contributed by atoms with Crippen LogP contribution in [0.25, 0.3) is 11.0 Å². The number of aryl methyl sites for hydroxylation is 1. The molecule has 24 heavy (non-hydrogen) atoms. The largest absolute Gasteiger partial charge is 0.493 e. The van der Waals surface area contributed by atoms with Gasteiger partial charge in [0.25, 0.3) is 0 Å². The number of aromatic nitrogens is 2. The summed E-state index contributed by atoms with van der Waals surface area (Å²) >= 11 is 0. The number of rotatable bonds is 6. The number of hydrogen-bond acceptors (Lipinski definition) is 4. The zero-order valence-corrected chi connectivity index (χ0v) is 13.8. The summed E-state index contributed by atoms with van der Waals surface area (Å²) in [6.07, 6.45) is -0.701. The van der Waals surface area contributed by atoms with Crippen molar-refractivity contribution in [1.82, 2.24) is 4.57 Å². The number of para-hydroxylation sites is 4. The van der Waals surface area contributed by atoms with Crippen LogP contribution in [0.1, 0.15) is 0 Å². The van der Waals surface area contributed by atoms with Crippen molar-refractivity contribution in [3.05, 3.63) is 48.5 Å². The van der Waals surface area contributed by atoms with E-state index in [0.29, 0.717) is 24.0 Å². The van der Waals surface area contributed by atoms with E-state index in [1.54, 1.807) is 7.11 Å². The number of aliphatic hydroxyl groups is 1. The summed E-state index contributed by atoms with van der Waals surface area (Å²) in [6.45, 7) is 0.498. The number of methoxy groups -OCH3 is 1. The van der Waals surface area contributed by atoms with Crippen molar-refractivity contribution < 1.29 is 19.1 Å². The lowest BCUT2D eigenvalue weighted by Gasteiger charge is -2.14. The van der Waals surface area contributed by atoms with E-state index in [0.717, 1.165) is 11.0 Å². The molecule has 3 rings (SSSR count). The van der Waals surface area contributed by atoms with Crippen molar-refractivity contribution in [3.8, 4) is 11.5 Å². The van der Waals surface area contributed by atoms with Crippen LogP contribution in [-0.2, 0) is 13.6 Å². The van der Waals surface area contributed by atoms with Crippen LogP contribution in [0.4, 0.5) is 5.95 Å². The summed E-state index contributed by atoms with van der Waals surface area (Å²) in [5, 5.41) is 10.4. The second-order valence-corrected chi connectivity index (χ2v) is 5.63. The van der Waals surface area contributed by atoms with Gasteiger partial charge < -0.3 is 14.6 Å². The molecule has 3 aromatic rings. The minimum atomic E-state index is -0.701. The number of hydrogen-bond donors (Lipinski definition) is 2. The Bertz CT molecular complexity index is 845. The van der Waals surface area contributed by atoms with Crippen LogP contribution in [-0.4, -0.2) is 29.5 Å². The van der Waals surface area contributed by atoms with Crippen LogP contribution < -0.4 is 19.8 Å². The first-order valence-electron chi connectivity index (χ1n) is 7.78. The number of aliphatic hydroxyl groups excluding tert-OH is 1. The highest BCUT2D eigenvalue weighted by Gasteiger charge is 2.21. The number of nitrogens with zero attached hydrogens (tertiary/aromatic N) is 2. The van der Waals surface area contributed by atoms with Gasteiger partial charge in [-0.15, -0.1) is 0 Å². The van der Waals surface area contributed by atoms with E-state index in [-0.39, 0.29) is 6.61 Å². The Labute approximate surface area is 140 Å². The SMILES string of the molecule is COc1ccccc1OCC(O)Cn1c(N)[n+](C)c2ccccc21. The average Bonchev–Trinajstić information content (AvgIpc) is 2.85. The van der Waals surface area contributed by atoms with Crippen LogP contribution in [0.5, 0.6) is 11.5 Å². The summed E-state index contributed by atoms with van der Waals surface area (Å²) in [7, 11) is 3.50. The van der Waals surface area contributed by atoms with Crippen molar-refractivity contribution >= 4 is 17.0 Å². The molecule has 126 valence electrons.